The van der Waals surface area contributed by atoms with E-state index >= 15 is 0 Å². The number of esters is 1. The van der Waals surface area contributed by atoms with Crippen LogP contribution in [0, 0.1) is 6.92 Å². The fourth-order valence-corrected chi connectivity index (χ4v) is 1.93. The Kier molecular flexibility index (Phi) is 4.83. The second-order valence-electron chi connectivity index (χ2n) is 6.05. The van der Waals surface area contributed by atoms with Gasteiger partial charge in [-0.2, -0.15) is 0 Å². The van der Waals surface area contributed by atoms with E-state index in [1.54, 1.807) is 25.6 Å². The monoisotopic (exact) mass is 315 g/mol. The lowest BCUT2D eigenvalue weighted by Crippen LogP contribution is -2.22. The summed E-state index contributed by atoms with van der Waals surface area (Å²) in [6.07, 6.45) is 6.54. The number of hydrogen-bond donors (Lipinski definition) is 0. The summed E-state index contributed by atoms with van der Waals surface area (Å²) >= 11 is 0. The van der Waals surface area contributed by atoms with Crippen molar-refractivity contribution in [2.24, 2.45) is 0 Å². The molecule has 23 heavy (non-hydrogen) atoms. The maximum absolute atomic E-state index is 11.7. The smallest absolute Gasteiger partial charge is 0.331 e. The molecule has 2 aromatic heterocycles. The van der Waals surface area contributed by atoms with Crippen molar-refractivity contribution in [3.05, 3.63) is 42.1 Å². The molecule has 0 spiro atoms. The van der Waals surface area contributed by atoms with E-state index < -0.39 is 11.6 Å². The lowest BCUT2D eigenvalue weighted by atomic mass is 10.2. The largest absolute Gasteiger partial charge is 0.479 e. The number of rotatable bonds is 4. The minimum absolute atomic E-state index is 0.410. The van der Waals surface area contributed by atoms with E-state index in [1.165, 1.54) is 6.08 Å². The maximum atomic E-state index is 11.7. The normalized spacial score (nSPS) is 11.7. The van der Waals surface area contributed by atoms with Crippen molar-refractivity contribution in [3.63, 3.8) is 0 Å². The van der Waals surface area contributed by atoms with Crippen LogP contribution >= 0.6 is 0 Å². The molecule has 0 fully saturated rings. The number of hydrogen-bond acceptors (Lipinski definition) is 5. The lowest BCUT2D eigenvalue weighted by molar-refractivity contribution is -0.148. The van der Waals surface area contributed by atoms with Crippen LogP contribution in [-0.2, 0) is 9.53 Å². The maximum Gasteiger partial charge on any atom is 0.331 e. The molecule has 0 aromatic carbocycles. The molecule has 2 aromatic rings. The molecule has 0 aliphatic heterocycles. The highest BCUT2D eigenvalue weighted by Gasteiger charge is 2.14. The Morgan fingerprint density at radius 3 is 2.61 bits per heavy atom. The minimum Gasteiger partial charge on any atom is -0.479 e. The second-order valence-corrected chi connectivity index (χ2v) is 6.05. The molecule has 2 heterocycles. The number of aryl methyl sites for hydroxylation is 1. The summed E-state index contributed by atoms with van der Waals surface area (Å²) < 4.78 is 12.4. The molecule has 0 aliphatic carbocycles. The van der Waals surface area contributed by atoms with Crippen molar-refractivity contribution in [3.8, 4) is 11.6 Å². The van der Waals surface area contributed by atoms with Gasteiger partial charge in [0.15, 0.2) is 0 Å². The summed E-state index contributed by atoms with van der Waals surface area (Å²) in [5, 5.41) is 0. The molecule has 0 amide bonds. The van der Waals surface area contributed by atoms with Crippen LogP contribution in [0.15, 0.2) is 30.7 Å². The molecular formula is C17H21N3O3. The van der Waals surface area contributed by atoms with Crippen LogP contribution in [-0.4, -0.2) is 33.2 Å². The summed E-state index contributed by atoms with van der Waals surface area (Å²) in [5.74, 6) is 0.0429. The molecule has 0 unspecified atom stereocenters. The van der Waals surface area contributed by atoms with Gasteiger partial charge in [-0.25, -0.2) is 14.8 Å². The van der Waals surface area contributed by atoms with Crippen LogP contribution in [0.4, 0.5) is 0 Å². The highest BCUT2D eigenvalue weighted by molar-refractivity contribution is 5.87. The summed E-state index contributed by atoms with van der Waals surface area (Å²) in [6.45, 7) is 7.38. The van der Waals surface area contributed by atoms with E-state index in [4.69, 9.17) is 9.47 Å². The van der Waals surface area contributed by atoms with Crippen molar-refractivity contribution in [2.75, 3.05) is 7.11 Å². The molecule has 0 radical (unpaired) electrons. The van der Waals surface area contributed by atoms with E-state index in [-0.39, 0.29) is 0 Å². The minimum atomic E-state index is -0.518. The SMILES string of the molecule is COc1nc(/C=C/C(=O)OC(C)(C)C)ccc1-n1cnc(C)c1. The number of aromatic nitrogens is 3. The molecular weight excluding hydrogens is 294 g/mol. The number of methoxy groups -OCH3 is 1. The highest BCUT2D eigenvalue weighted by Crippen LogP contribution is 2.21. The average Bonchev–Trinajstić information content (AvgIpc) is 2.89. The molecule has 6 nitrogen and oxygen atoms in total. The zero-order chi connectivity index (χ0) is 17.0. The molecule has 0 bridgehead atoms. The van der Waals surface area contributed by atoms with Crippen molar-refractivity contribution >= 4 is 12.0 Å². The molecule has 2 rings (SSSR count). The van der Waals surface area contributed by atoms with Crippen LogP contribution in [0.1, 0.15) is 32.2 Å². The molecule has 0 N–H and O–H groups in total. The summed E-state index contributed by atoms with van der Waals surface area (Å²) in [4.78, 5) is 20.3. The lowest BCUT2D eigenvalue weighted by Gasteiger charge is -2.17. The van der Waals surface area contributed by atoms with Gasteiger partial charge in [-0.05, 0) is 45.9 Å². The molecule has 6 heteroatoms. The summed E-state index contributed by atoms with van der Waals surface area (Å²) in [6, 6.07) is 3.66. The van der Waals surface area contributed by atoms with Crippen molar-refractivity contribution < 1.29 is 14.3 Å². The van der Waals surface area contributed by atoms with Gasteiger partial charge in [0.25, 0.3) is 0 Å². The van der Waals surface area contributed by atoms with Gasteiger partial charge < -0.3 is 14.0 Å². The third-order valence-electron chi connectivity index (χ3n) is 2.84. The molecule has 122 valence electrons. The predicted octanol–water partition coefficient (Wildman–Crippen LogP) is 2.94. The van der Waals surface area contributed by atoms with Gasteiger partial charge in [0.1, 0.15) is 11.3 Å². The van der Waals surface area contributed by atoms with E-state index in [0.29, 0.717) is 11.6 Å². The first kappa shape index (κ1) is 16.7. The second kappa shape index (κ2) is 6.64. The topological polar surface area (TPSA) is 66.2 Å². The van der Waals surface area contributed by atoms with Gasteiger partial charge >= 0.3 is 5.97 Å². The van der Waals surface area contributed by atoms with Gasteiger partial charge in [0.05, 0.1) is 24.8 Å². The molecule has 0 aliphatic rings. The number of ether oxygens (including phenoxy) is 2. The fraction of sp³-hybridized carbons (Fsp3) is 0.353. The third kappa shape index (κ3) is 4.67. The van der Waals surface area contributed by atoms with Crippen molar-refractivity contribution in [1.29, 1.82) is 0 Å². The van der Waals surface area contributed by atoms with E-state index in [9.17, 15) is 4.79 Å². The number of pyridine rings is 1. The Bertz CT molecular complexity index is 727. The van der Waals surface area contributed by atoms with Crippen LogP contribution in [0.5, 0.6) is 5.88 Å². The van der Waals surface area contributed by atoms with Crippen molar-refractivity contribution in [2.45, 2.75) is 33.3 Å². The zero-order valence-corrected chi connectivity index (χ0v) is 14.0. The van der Waals surface area contributed by atoms with E-state index in [2.05, 4.69) is 9.97 Å². The number of imidazole rings is 1. The molecule has 0 atom stereocenters. The number of carbonyl (C=O) groups is 1. The van der Waals surface area contributed by atoms with Gasteiger partial charge in [-0.15, -0.1) is 0 Å². The van der Waals surface area contributed by atoms with E-state index in [1.807, 2.05) is 44.5 Å². The highest BCUT2D eigenvalue weighted by atomic mass is 16.6. The Morgan fingerprint density at radius 2 is 2.04 bits per heavy atom. The quantitative estimate of drug-likeness (QED) is 0.641. The van der Waals surface area contributed by atoms with Crippen molar-refractivity contribution in [1.82, 2.24) is 14.5 Å². The zero-order valence-electron chi connectivity index (χ0n) is 14.0. The van der Waals surface area contributed by atoms with Crippen LogP contribution in [0.3, 0.4) is 0 Å². The van der Waals surface area contributed by atoms with Crippen LogP contribution < -0.4 is 4.74 Å². The van der Waals surface area contributed by atoms with Gasteiger partial charge in [-0.3, -0.25) is 0 Å². The first-order valence-electron chi connectivity index (χ1n) is 7.25. The van der Waals surface area contributed by atoms with E-state index in [0.717, 1.165) is 11.4 Å². The van der Waals surface area contributed by atoms with Crippen LogP contribution in [0.2, 0.25) is 0 Å². The van der Waals surface area contributed by atoms with Gasteiger partial charge in [0.2, 0.25) is 5.88 Å². The standard InChI is InChI=1S/C17H21N3O3/c1-12-10-20(11-18-12)14-8-6-13(19-16(14)22-5)7-9-15(21)23-17(2,3)4/h6-11H,1-5H3/b9-7+. The van der Waals surface area contributed by atoms with Crippen LogP contribution in [0.25, 0.3) is 11.8 Å². The number of carbonyl (C=O) groups excluding carboxylic acids is 1. The Hall–Kier alpha value is -2.63. The Morgan fingerprint density at radius 1 is 1.30 bits per heavy atom. The van der Waals surface area contributed by atoms with Gasteiger partial charge in [-0.1, -0.05) is 0 Å². The average molecular weight is 315 g/mol. The summed E-state index contributed by atoms with van der Waals surface area (Å²) in [5.41, 5.74) is 1.77. The van der Waals surface area contributed by atoms with Gasteiger partial charge in [0, 0.05) is 12.3 Å². The Labute approximate surface area is 135 Å². The number of nitrogens with zero attached hydrogens (tertiary/aromatic N) is 3. The fourth-order valence-electron chi connectivity index (χ4n) is 1.93. The third-order valence-corrected chi connectivity index (χ3v) is 2.84. The summed E-state index contributed by atoms with van der Waals surface area (Å²) in [7, 11) is 1.55. The Balaban J connectivity index is 2.21. The first-order valence-corrected chi connectivity index (χ1v) is 7.25. The molecule has 0 saturated heterocycles. The first-order chi connectivity index (χ1) is 10.8. The molecule has 0 saturated carbocycles. The predicted molar refractivity (Wildman–Crippen MR) is 87.5 cm³/mol.